The average Bonchev–Trinajstić information content (AvgIpc) is 3.12. The number of carbonyl (C=O) groups is 1. The Morgan fingerprint density at radius 3 is 2.79 bits per heavy atom. The smallest absolute Gasteiger partial charge is 0.402 e. The predicted octanol–water partition coefficient (Wildman–Crippen LogP) is 0.842. The Labute approximate surface area is 142 Å². The minimum atomic E-state index is -1.93. The summed E-state index contributed by atoms with van der Waals surface area (Å²) in [6.07, 6.45) is 2.41. The Balaban J connectivity index is 1.66. The van der Waals surface area contributed by atoms with Gasteiger partial charge in [-0.05, 0) is 44.2 Å². The molecule has 0 aromatic heterocycles. The highest BCUT2D eigenvalue weighted by Crippen LogP contribution is 2.38. The van der Waals surface area contributed by atoms with Crippen molar-refractivity contribution in [2.45, 2.75) is 58.0 Å². The van der Waals surface area contributed by atoms with Gasteiger partial charge in [0.2, 0.25) is 5.91 Å². The topological polar surface area (TPSA) is 88.0 Å². The van der Waals surface area contributed by atoms with Crippen molar-refractivity contribution in [1.29, 1.82) is 0 Å². The highest BCUT2D eigenvalue weighted by Gasteiger charge is 2.44. The van der Waals surface area contributed by atoms with Gasteiger partial charge in [-0.3, -0.25) is 4.79 Å². The van der Waals surface area contributed by atoms with Crippen LogP contribution in [0.4, 0.5) is 0 Å². The molecular formula is C17H24BNO5. The molecule has 2 aliphatic rings. The van der Waals surface area contributed by atoms with Gasteiger partial charge in [-0.15, -0.1) is 0 Å². The van der Waals surface area contributed by atoms with Crippen LogP contribution in [0.3, 0.4) is 0 Å². The average molecular weight is 333 g/mol. The van der Waals surface area contributed by atoms with Crippen LogP contribution in [0.1, 0.15) is 36.0 Å². The molecule has 1 aromatic rings. The van der Waals surface area contributed by atoms with Crippen LogP contribution >= 0.6 is 0 Å². The fourth-order valence-electron chi connectivity index (χ4n) is 3.73. The molecule has 130 valence electrons. The van der Waals surface area contributed by atoms with E-state index in [1.54, 1.807) is 0 Å². The summed E-state index contributed by atoms with van der Waals surface area (Å²) in [6.45, 7) is 4.00. The molecule has 1 amide bonds. The van der Waals surface area contributed by atoms with Crippen LogP contribution in [-0.4, -0.2) is 41.7 Å². The summed E-state index contributed by atoms with van der Waals surface area (Å²) >= 11 is 0. The lowest BCUT2D eigenvalue weighted by Crippen LogP contribution is -2.46. The number of hydrogen-bond acceptors (Lipinski definition) is 5. The molecule has 0 aliphatic carbocycles. The van der Waals surface area contributed by atoms with E-state index in [1.807, 2.05) is 32.0 Å². The van der Waals surface area contributed by atoms with Crippen LogP contribution in [0.25, 0.3) is 0 Å². The number of hydrogen-bond donors (Lipinski definition) is 3. The lowest BCUT2D eigenvalue weighted by Gasteiger charge is -2.24. The van der Waals surface area contributed by atoms with E-state index < -0.39 is 13.5 Å². The zero-order valence-corrected chi connectivity index (χ0v) is 14.1. The van der Waals surface area contributed by atoms with E-state index in [2.05, 4.69) is 5.32 Å². The van der Waals surface area contributed by atoms with Gasteiger partial charge in [0.1, 0.15) is 6.23 Å². The van der Waals surface area contributed by atoms with Gasteiger partial charge in [0, 0.05) is 6.42 Å². The Morgan fingerprint density at radius 1 is 1.42 bits per heavy atom. The molecule has 6 nitrogen and oxygen atoms in total. The van der Waals surface area contributed by atoms with E-state index in [0.29, 0.717) is 6.42 Å². The van der Waals surface area contributed by atoms with E-state index in [0.717, 1.165) is 36.0 Å². The van der Waals surface area contributed by atoms with Crippen LogP contribution < -0.4 is 5.32 Å². The number of aryl methyl sites for hydroxylation is 2. The lowest BCUT2D eigenvalue weighted by molar-refractivity contribution is -0.129. The third kappa shape index (κ3) is 3.98. The Morgan fingerprint density at radius 2 is 2.21 bits per heavy atom. The van der Waals surface area contributed by atoms with Crippen LogP contribution in [0, 0.1) is 19.8 Å². The maximum absolute atomic E-state index is 12.5. The number of nitrogens with one attached hydrogen (secondary N) is 1. The second-order valence-corrected chi connectivity index (χ2v) is 6.81. The molecule has 2 aliphatic heterocycles. The molecule has 3 N–H and O–H groups in total. The molecule has 3 rings (SSSR count). The molecule has 1 aromatic carbocycles. The van der Waals surface area contributed by atoms with E-state index in [1.165, 1.54) is 0 Å². The lowest BCUT2D eigenvalue weighted by atomic mass is 9.88. The van der Waals surface area contributed by atoms with Crippen molar-refractivity contribution in [3.63, 3.8) is 0 Å². The molecule has 4 atom stereocenters. The number of fused-ring (bicyclic) bond motifs is 2. The molecule has 2 heterocycles. The third-order valence-electron chi connectivity index (χ3n) is 4.94. The van der Waals surface area contributed by atoms with E-state index in [4.69, 9.17) is 19.4 Å². The highest BCUT2D eigenvalue weighted by molar-refractivity contribution is 6.32. The first kappa shape index (κ1) is 17.4. The van der Waals surface area contributed by atoms with Crippen LogP contribution in [-0.2, 0) is 20.6 Å². The summed E-state index contributed by atoms with van der Waals surface area (Å²) in [5, 5.41) is 21.1. The second kappa shape index (κ2) is 7.23. The summed E-state index contributed by atoms with van der Waals surface area (Å²) in [7, 11) is -1.93. The molecule has 0 spiro atoms. The number of carbonyl (C=O) groups excluding carboxylic acids is 1. The summed E-state index contributed by atoms with van der Waals surface area (Å²) in [5.74, 6) is -0.317. The Bertz CT molecular complexity index is 609. The number of amides is 1. The van der Waals surface area contributed by atoms with Gasteiger partial charge in [0.25, 0.3) is 0 Å². The highest BCUT2D eigenvalue weighted by atomic mass is 16.6. The number of benzene rings is 1. The standard InChI is InChI=1S/C17H24BNO5/c1-10-3-4-12(11(2)7-10)8-16(24-18(21)22)19-17(20)14-9-13-5-6-15(14)23-13/h3-4,7,13-16,21-22H,5-6,8-9H2,1-2H3,(H,19,20)/t13-,14-,15+,16-/m1/s1. The van der Waals surface area contributed by atoms with E-state index >= 15 is 0 Å². The summed E-state index contributed by atoms with van der Waals surface area (Å²) in [5.41, 5.74) is 3.23. The van der Waals surface area contributed by atoms with Crippen LogP contribution in [0.5, 0.6) is 0 Å². The predicted molar refractivity (Wildman–Crippen MR) is 88.8 cm³/mol. The molecule has 24 heavy (non-hydrogen) atoms. The molecule has 7 heteroatoms. The van der Waals surface area contributed by atoms with Crippen LogP contribution in [0.15, 0.2) is 18.2 Å². The minimum absolute atomic E-state index is 0.0178. The van der Waals surface area contributed by atoms with Crippen molar-refractivity contribution in [3.05, 3.63) is 34.9 Å². The molecule has 0 radical (unpaired) electrons. The minimum Gasteiger partial charge on any atom is -0.402 e. The van der Waals surface area contributed by atoms with Gasteiger partial charge in [0.05, 0.1) is 18.1 Å². The second-order valence-electron chi connectivity index (χ2n) is 6.81. The maximum Gasteiger partial charge on any atom is 0.635 e. The van der Waals surface area contributed by atoms with E-state index in [9.17, 15) is 4.79 Å². The molecule has 0 unspecified atom stereocenters. The fourth-order valence-corrected chi connectivity index (χ4v) is 3.73. The maximum atomic E-state index is 12.5. The van der Waals surface area contributed by atoms with Gasteiger partial charge >= 0.3 is 7.32 Å². The Hall–Kier alpha value is -1.41. The zero-order valence-electron chi connectivity index (χ0n) is 14.1. The first-order valence-electron chi connectivity index (χ1n) is 8.46. The SMILES string of the molecule is Cc1ccc(C[C@H](NC(=O)[C@@H]2C[C@H]3CC[C@@H]2O3)OB(O)O)c(C)c1. The molecule has 2 fully saturated rings. The fraction of sp³-hybridized carbons (Fsp3) is 0.588. The van der Waals surface area contributed by atoms with Gasteiger partial charge in [-0.2, -0.15) is 0 Å². The first-order chi connectivity index (χ1) is 11.4. The van der Waals surface area contributed by atoms with Crippen molar-refractivity contribution < 1.29 is 24.2 Å². The van der Waals surface area contributed by atoms with Gasteiger partial charge in [0.15, 0.2) is 0 Å². The van der Waals surface area contributed by atoms with Gasteiger partial charge in [-0.25, -0.2) is 0 Å². The molecule has 2 bridgehead atoms. The van der Waals surface area contributed by atoms with Crippen LogP contribution in [0.2, 0.25) is 0 Å². The van der Waals surface area contributed by atoms with Crippen molar-refractivity contribution in [1.82, 2.24) is 5.32 Å². The normalized spacial score (nSPS) is 26.4. The summed E-state index contributed by atoms with van der Waals surface area (Å²) in [6, 6.07) is 6.01. The van der Waals surface area contributed by atoms with Crippen molar-refractivity contribution in [3.8, 4) is 0 Å². The monoisotopic (exact) mass is 333 g/mol. The largest absolute Gasteiger partial charge is 0.635 e. The summed E-state index contributed by atoms with van der Waals surface area (Å²) < 4.78 is 10.8. The number of ether oxygens (including phenoxy) is 1. The molecular weight excluding hydrogens is 309 g/mol. The van der Waals surface area contributed by atoms with Crippen molar-refractivity contribution in [2.24, 2.45) is 5.92 Å². The van der Waals surface area contributed by atoms with Gasteiger partial charge < -0.3 is 24.8 Å². The van der Waals surface area contributed by atoms with Crippen molar-refractivity contribution >= 4 is 13.2 Å². The quantitative estimate of drug-likeness (QED) is 0.530. The molecule has 0 saturated carbocycles. The van der Waals surface area contributed by atoms with Gasteiger partial charge in [-0.1, -0.05) is 23.8 Å². The van der Waals surface area contributed by atoms with Crippen molar-refractivity contribution in [2.75, 3.05) is 0 Å². The van der Waals surface area contributed by atoms with E-state index in [-0.39, 0.29) is 24.0 Å². The zero-order chi connectivity index (χ0) is 17.3. The first-order valence-corrected chi connectivity index (χ1v) is 8.46. The molecule has 2 saturated heterocycles. The Kier molecular flexibility index (Phi) is 5.25. The summed E-state index contributed by atoms with van der Waals surface area (Å²) in [4.78, 5) is 12.5. The third-order valence-corrected chi connectivity index (χ3v) is 4.94. The number of rotatable bonds is 6.